The second-order valence-corrected chi connectivity index (χ2v) is 16.1. The average molecular weight is 712 g/mol. The van der Waals surface area contributed by atoms with Crippen LogP contribution in [0.5, 0.6) is 0 Å². The summed E-state index contributed by atoms with van der Waals surface area (Å²) in [5.41, 5.74) is 10.6. The van der Waals surface area contributed by atoms with Crippen LogP contribution in [-0.2, 0) is 6.42 Å². The SMILES string of the molecule is C1=Cc2c(cccc2-c2ccc(-c3nc(-n4c5ccccc5c5c6ccccc6c6c7ccccc7sc6c54)nc4c3sc3ccccc34)cc2)CC1. The van der Waals surface area contributed by atoms with Crippen molar-refractivity contribution in [3.8, 4) is 28.3 Å². The van der Waals surface area contributed by atoms with E-state index in [0.29, 0.717) is 5.95 Å². The summed E-state index contributed by atoms with van der Waals surface area (Å²) in [7, 11) is 0. The molecule has 0 saturated heterocycles. The van der Waals surface area contributed by atoms with Crippen LogP contribution in [0.4, 0.5) is 0 Å². The Bertz CT molecular complexity index is 3340. The van der Waals surface area contributed by atoms with Crippen LogP contribution in [0, 0.1) is 0 Å². The van der Waals surface area contributed by atoms with Crippen LogP contribution in [0.25, 0.3) is 107 Å². The van der Waals surface area contributed by atoms with Crippen molar-refractivity contribution in [2.24, 2.45) is 0 Å². The summed E-state index contributed by atoms with van der Waals surface area (Å²) in [6.45, 7) is 0. The molecule has 11 aromatic rings. The molecule has 248 valence electrons. The van der Waals surface area contributed by atoms with Crippen molar-refractivity contribution in [2.75, 3.05) is 0 Å². The highest BCUT2D eigenvalue weighted by atomic mass is 32.1. The van der Waals surface area contributed by atoms with Crippen molar-refractivity contribution in [1.29, 1.82) is 0 Å². The van der Waals surface area contributed by atoms with Gasteiger partial charge in [-0.25, -0.2) is 9.97 Å². The first kappa shape index (κ1) is 29.4. The molecule has 3 nitrogen and oxygen atoms in total. The maximum Gasteiger partial charge on any atom is 0.235 e. The molecule has 0 amide bonds. The summed E-state index contributed by atoms with van der Waals surface area (Å²) in [4.78, 5) is 11.1. The number of benzene rings is 7. The fraction of sp³-hybridized carbons (Fsp3) is 0.0417. The van der Waals surface area contributed by atoms with Gasteiger partial charge >= 0.3 is 0 Å². The van der Waals surface area contributed by atoms with Crippen molar-refractivity contribution < 1.29 is 0 Å². The van der Waals surface area contributed by atoms with E-state index in [1.54, 1.807) is 11.3 Å². The lowest BCUT2D eigenvalue weighted by Crippen LogP contribution is -2.03. The minimum Gasteiger partial charge on any atom is -0.276 e. The van der Waals surface area contributed by atoms with E-state index in [1.165, 1.54) is 74.2 Å². The average Bonchev–Trinajstić information content (AvgIpc) is 3.91. The Morgan fingerprint density at radius 3 is 2.02 bits per heavy atom. The molecule has 12 rings (SSSR count). The lowest BCUT2D eigenvalue weighted by molar-refractivity contribution is 0.986. The zero-order valence-electron chi connectivity index (χ0n) is 28.5. The predicted molar refractivity (Wildman–Crippen MR) is 228 cm³/mol. The molecule has 0 atom stereocenters. The largest absolute Gasteiger partial charge is 0.276 e. The third-order valence-electron chi connectivity index (χ3n) is 11.1. The first-order chi connectivity index (χ1) is 26.3. The number of thiophene rings is 2. The van der Waals surface area contributed by atoms with Crippen LogP contribution in [0.15, 0.2) is 146 Å². The summed E-state index contributed by atoms with van der Waals surface area (Å²) in [5.74, 6) is 0.697. The molecule has 7 aromatic carbocycles. The van der Waals surface area contributed by atoms with Crippen LogP contribution in [0.3, 0.4) is 0 Å². The van der Waals surface area contributed by atoms with Crippen molar-refractivity contribution in [2.45, 2.75) is 12.8 Å². The normalized spacial score (nSPS) is 13.1. The Hall–Kier alpha value is -6.14. The van der Waals surface area contributed by atoms with Gasteiger partial charge in [0.25, 0.3) is 0 Å². The molecule has 53 heavy (non-hydrogen) atoms. The lowest BCUT2D eigenvalue weighted by atomic mass is 9.90. The van der Waals surface area contributed by atoms with Crippen molar-refractivity contribution >= 4 is 102 Å². The molecule has 0 unspecified atom stereocenters. The number of aromatic nitrogens is 3. The molecule has 5 heteroatoms. The number of aryl methyl sites for hydroxylation is 1. The van der Waals surface area contributed by atoms with Gasteiger partial charge in [0, 0.05) is 41.9 Å². The van der Waals surface area contributed by atoms with Gasteiger partial charge < -0.3 is 0 Å². The van der Waals surface area contributed by atoms with E-state index < -0.39 is 0 Å². The first-order valence-electron chi connectivity index (χ1n) is 18.1. The zero-order chi connectivity index (χ0) is 34.6. The third kappa shape index (κ3) is 4.20. The van der Waals surface area contributed by atoms with E-state index in [-0.39, 0.29) is 0 Å². The molecule has 0 saturated carbocycles. The maximum atomic E-state index is 5.58. The molecule has 0 N–H and O–H groups in total. The molecular formula is C48H29N3S2. The van der Waals surface area contributed by atoms with Crippen LogP contribution in [0.1, 0.15) is 17.5 Å². The highest BCUT2D eigenvalue weighted by Crippen LogP contribution is 2.48. The minimum absolute atomic E-state index is 0.697. The van der Waals surface area contributed by atoms with Crippen LogP contribution >= 0.6 is 22.7 Å². The quantitative estimate of drug-likeness (QED) is 0.183. The summed E-state index contributed by atoms with van der Waals surface area (Å²) < 4.78 is 7.23. The van der Waals surface area contributed by atoms with E-state index in [9.17, 15) is 0 Å². The Balaban J connectivity index is 1.18. The van der Waals surface area contributed by atoms with Gasteiger partial charge in [-0.05, 0) is 64.1 Å². The molecule has 1 aliphatic rings. The van der Waals surface area contributed by atoms with Gasteiger partial charge in [-0.15, -0.1) is 22.7 Å². The topological polar surface area (TPSA) is 30.7 Å². The molecular weight excluding hydrogens is 683 g/mol. The summed E-state index contributed by atoms with van der Waals surface area (Å²) in [6, 6.07) is 50.9. The van der Waals surface area contributed by atoms with Crippen LogP contribution < -0.4 is 0 Å². The second-order valence-electron chi connectivity index (χ2n) is 14.0. The van der Waals surface area contributed by atoms with Crippen molar-refractivity contribution in [3.63, 3.8) is 0 Å². The van der Waals surface area contributed by atoms with Gasteiger partial charge in [0.15, 0.2) is 0 Å². The Kier molecular flexibility index (Phi) is 6.21. The number of para-hydroxylation sites is 1. The van der Waals surface area contributed by atoms with E-state index in [2.05, 4.69) is 156 Å². The Morgan fingerprint density at radius 1 is 0.528 bits per heavy atom. The zero-order valence-corrected chi connectivity index (χ0v) is 30.1. The first-order valence-corrected chi connectivity index (χ1v) is 19.8. The molecule has 0 radical (unpaired) electrons. The molecule has 4 heterocycles. The molecule has 1 aliphatic carbocycles. The number of hydrogen-bond donors (Lipinski definition) is 0. The fourth-order valence-corrected chi connectivity index (χ4v) is 11.1. The second kappa shape index (κ2) is 11.2. The number of allylic oxidation sites excluding steroid dienone is 1. The third-order valence-corrected chi connectivity index (χ3v) is 13.4. The van der Waals surface area contributed by atoms with Gasteiger partial charge in [-0.3, -0.25) is 4.57 Å². The smallest absolute Gasteiger partial charge is 0.235 e. The van der Waals surface area contributed by atoms with E-state index in [1.807, 2.05) is 11.3 Å². The number of hydrogen-bond acceptors (Lipinski definition) is 4. The van der Waals surface area contributed by atoms with E-state index >= 15 is 0 Å². The van der Waals surface area contributed by atoms with Crippen LogP contribution in [-0.4, -0.2) is 14.5 Å². The molecule has 0 fully saturated rings. The van der Waals surface area contributed by atoms with Gasteiger partial charge in [0.05, 0.1) is 31.6 Å². The molecule has 4 aromatic heterocycles. The highest BCUT2D eigenvalue weighted by molar-refractivity contribution is 7.27. The summed E-state index contributed by atoms with van der Waals surface area (Å²) >= 11 is 3.65. The molecule has 0 aliphatic heterocycles. The Labute approximate surface area is 312 Å². The van der Waals surface area contributed by atoms with Crippen molar-refractivity contribution in [1.82, 2.24) is 14.5 Å². The van der Waals surface area contributed by atoms with E-state index in [4.69, 9.17) is 9.97 Å². The van der Waals surface area contributed by atoms with Crippen LogP contribution in [0.2, 0.25) is 0 Å². The summed E-state index contributed by atoms with van der Waals surface area (Å²) in [6.07, 6.45) is 6.79. The number of fused-ring (bicyclic) bond motifs is 14. The van der Waals surface area contributed by atoms with Gasteiger partial charge in [-0.2, -0.15) is 0 Å². The maximum absolute atomic E-state index is 5.58. The molecule has 0 bridgehead atoms. The fourth-order valence-electron chi connectivity index (χ4n) is 8.74. The highest BCUT2D eigenvalue weighted by Gasteiger charge is 2.24. The summed E-state index contributed by atoms with van der Waals surface area (Å²) in [5, 5.41) is 8.75. The monoisotopic (exact) mass is 711 g/mol. The Morgan fingerprint density at radius 2 is 1.19 bits per heavy atom. The van der Waals surface area contributed by atoms with Gasteiger partial charge in [0.1, 0.15) is 0 Å². The number of nitrogens with zero attached hydrogens (tertiary/aromatic N) is 3. The predicted octanol–water partition coefficient (Wildman–Crippen LogP) is 13.8. The van der Waals surface area contributed by atoms with Gasteiger partial charge in [0.2, 0.25) is 5.95 Å². The number of rotatable bonds is 3. The van der Waals surface area contributed by atoms with Gasteiger partial charge in [-0.1, -0.05) is 133 Å². The lowest BCUT2D eigenvalue weighted by Gasteiger charge is -2.15. The molecule has 0 spiro atoms. The minimum atomic E-state index is 0.697. The van der Waals surface area contributed by atoms with Crippen molar-refractivity contribution in [3.05, 3.63) is 157 Å². The van der Waals surface area contributed by atoms with E-state index in [0.717, 1.165) is 45.2 Å². The standard InChI is InChI=1S/C48H29N3S2/c1-2-14-31-28(12-1)13-11-20-32(31)29-24-26-30(27-25-29)43-47-44(37-19-7-10-23-40(37)53-47)50-48(49-43)51-38-21-8-5-17-35(38)41-33-15-3-4-16-34(33)42-36-18-6-9-22-39(36)52-46(42)45(41)51/h2-11,13-27H,1,12H2.